The quantitative estimate of drug-likeness (QED) is 0.394. The number of pyridine rings is 1. The van der Waals surface area contributed by atoms with Crippen molar-refractivity contribution in [3.05, 3.63) is 64.9 Å². The number of Topliss-reactive ketones (excluding diaryl/α,β-unsaturated/α-hetero) is 1. The summed E-state index contributed by atoms with van der Waals surface area (Å²) in [6.45, 7) is -0.332. The minimum Gasteiger partial charge on any atom is -0.505 e. The summed E-state index contributed by atoms with van der Waals surface area (Å²) in [4.78, 5) is 26.8. The Balaban J connectivity index is 1.85. The zero-order valence-corrected chi connectivity index (χ0v) is 15.4. The second kappa shape index (κ2) is 8.69. The molecule has 0 spiro atoms. The van der Waals surface area contributed by atoms with Crippen molar-refractivity contribution in [2.75, 3.05) is 13.1 Å². The van der Waals surface area contributed by atoms with E-state index < -0.39 is 11.8 Å². The van der Waals surface area contributed by atoms with Gasteiger partial charge in [0.05, 0.1) is 13.1 Å². The molecule has 0 amide bonds. The number of ether oxygens (including phenoxy) is 1. The van der Waals surface area contributed by atoms with Crippen LogP contribution in [0.4, 0.5) is 0 Å². The van der Waals surface area contributed by atoms with E-state index in [0.29, 0.717) is 23.1 Å². The monoisotopic (exact) mass is 400 g/mol. The van der Waals surface area contributed by atoms with Gasteiger partial charge in [0.2, 0.25) is 0 Å². The molecule has 3 N–H and O–H groups in total. The summed E-state index contributed by atoms with van der Waals surface area (Å²) >= 11 is 6.16. The first-order valence-electron chi connectivity index (χ1n) is 8.40. The third-order valence-electron chi connectivity index (χ3n) is 3.98. The summed E-state index contributed by atoms with van der Waals surface area (Å²) in [7, 11) is 0. The standard InChI is InChI=1S/C20H17ClN2O5/c21-20-14-7-6-13(28-11-12-4-2-1-3-5-12)8-15(14)19(27)18(23-20)16(24)9-22-10-17(25)26/h1-8,22,27H,9-11H2,(H,25,26). The molecule has 0 unspecified atom stereocenters. The Morgan fingerprint density at radius 2 is 1.82 bits per heavy atom. The first kappa shape index (κ1) is 19.6. The fraction of sp³-hybridized carbons (Fsp3) is 0.150. The largest absolute Gasteiger partial charge is 0.505 e. The summed E-state index contributed by atoms with van der Waals surface area (Å²) in [5, 5.41) is 22.5. The number of aliphatic carboxylic acids is 1. The number of carbonyl (C=O) groups is 2. The van der Waals surface area contributed by atoms with Gasteiger partial charge in [0.1, 0.15) is 17.5 Å². The van der Waals surface area contributed by atoms with Crippen molar-refractivity contribution < 1.29 is 24.5 Å². The highest BCUT2D eigenvalue weighted by atomic mass is 35.5. The lowest BCUT2D eigenvalue weighted by Crippen LogP contribution is -2.28. The van der Waals surface area contributed by atoms with E-state index in [0.717, 1.165) is 5.56 Å². The number of carbonyl (C=O) groups excluding carboxylic acids is 1. The lowest BCUT2D eigenvalue weighted by molar-refractivity contribution is -0.135. The molecule has 144 valence electrons. The maximum absolute atomic E-state index is 12.3. The van der Waals surface area contributed by atoms with E-state index in [2.05, 4.69) is 10.3 Å². The number of ketones is 1. The maximum Gasteiger partial charge on any atom is 0.317 e. The number of benzene rings is 2. The minimum absolute atomic E-state index is 0.0593. The highest BCUT2D eigenvalue weighted by Gasteiger charge is 2.19. The van der Waals surface area contributed by atoms with Crippen LogP contribution in [0.2, 0.25) is 5.15 Å². The topological polar surface area (TPSA) is 109 Å². The molecular formula is C20H17ClN2O5. The van der Waals surface area contributed by atoms with E-state index in [1.807, 2.05) is 30.3 Å². The first-order chi connectivity index (χ1) is 13.5. The molecule has 3 rings (SSSR count). The second-order valence-electron chi connectivity index (χ2n) is 6.00. The molecule has 0 atom stereocenters. The number of nitrogens with one attached hydrogen (secondary N) is 1. The fourth-order valence-electron chi connectivity index (χ4n) is 2.63. The van der Waals surface area contributed by atoms with E-state index in [4.69, 9.17) is 21.4 Å². The van der Waals surface area contributed by atoms with Crippen LogP contribution < -0.4 is 10.1 Å². The average molecular weight is 401 g/mol. The van der Waals surface area contributed by atoms with Crippen molar-refractivity contribution in [1.29, 1.82) is 0 Å². The summed E-state index contributed by atoms with van der Waals surface area (Å²) < 4.78 is 5.75. The highest BCUT2D eigenvalue weighted by Crippen LogP contribution is 2.34. The SMILES string of the molecule is O=C(O)CNCC(=O)c1nc(Cl)c2ccc(OCc3ccccc3)cc2c1O. The average Bonchev–Trinajstić information content (AvgIpc) is 2.69. The van der Waals surface area contributed by atoms with Gasteiger partial charge >= 0.3 is 5.97 Å². The van der Waals surface area contributed by atoms with Crippen molar-refractivity contribution in [1.82, 2.24) is 10.3 Å². The molecule has 2 aromatic carbocycles. The van der Waals surface area contributed by atoms with Crippen molar-refractivity contribution in [2.45, 2.75) is 6.61 Å². The molecule has 28 heavy (non-hydrogen) atoms. The van der Waals surface area contributed by atoms with Crippen LogP contribution in [0, 0.1) is 0 Å². The molecule has 0 aliphatic rings. The molecule has 0 saturated heterocycles. The predicted molar refractivity (Wildman–Crippen MR) is 104 cm³/mol. The van der Waals surface area contributed by atoms with Gasteiger partial charge in [0.25, 0.3) is 0 Å². The summed E-state index contributed by atoms with van der Waals surface area (Å²) in [5.74, 6) is -1.50. The van der Waals surface area contributed by atoms with Crippen LogP contribution in [0.5, 0.6) is 11.5 Å². The van der Waals surface area contributed by atoms with Crippen LogP contribution in [-0.2, 0) is 11.4 Å². The van der Waals surface area contributed by atoms with Crippen molar-refractivity contribution in [2.24, 2.45) is 0 Å². The predicted octanol–water partition coefficient (Wildman–Crippen LogP) is 3.03. The van der Waals surface area contributed by atoms with Crippen LogP contribution in [0.3, 0.4) is 0 Å². The van der Waals surface area contributed by atoms with E-state index in [-0.39, 0.29) is 29.7 Å². The van der Waals surface area contributed by atoms with Crippen molar-refractivity contribution in [3.63, 3.8) is 0 Å². The Morgan fingerprint density at radius 3 is 2.54 bits per heavy atom. The third-order valence-corrected chi connectivity index (χ3v) is 4.27. The molecule has 8 heteroatoms. The van der Waals surface area contributed by atoms with Gasteiger partial charge in [0.15, 0.2) is 17.2 Å². The van der Waals surface area contributed by atoms with Gasteiger partial charge in [-0.1, -0.05) is 41.9 Å². The van der Waals surface area contributed by atoms with Crippen LogP contribution >= 0.6 is 11.6 Å². The number of halogens is 1. The number of carboxylic acids is 1. The Morgan fingerprint density at radius 1 is 1.07 bits per heavy atom. The summed E-state index contributed by atoms with van der Waals surface area (Å²) in [5.41, 5.74) is 0.760. The molecule has 7 nitrogen and oxygen atoms in total. The van der Waals surface area contributed by atoms with Crippen LogP contribution in [-0.4, -0.2) is 40.0 Å². The van der Waals surface area contributed by atoms with Crippen LogP contribution in [0.15, 0.2) is 48.5 Å². The summed E-state index contributed by atoms with van der Waals surface area (Å²) in [6, 6.07) is 14.5. The van der Waals surface area contributed by atoms with Gasteiger partial charge in [-0.25, -0.2) is 4.98 Å². The Hall–Kier alpha value is -3.16. The third kappa shape index (κ3) is 4.57. The number of aromatic hydroxyl groups is 1. The lowest BCUT2D eigenvalue weighted by atomic mass is 10.1. The molecule has 0 aliphatic carbocycles. The van der Waals surface area contributed by atoms with Gasteiger partial charge in [-0.05, 0) is 23.8 Å². The molecule has 1 aromatic heterocycles. The molecular weight excluding hydrogens is 384 g/mol. The van der Waals surface area contributed by atoms with Gasteiger partial charge < -0.3 is 14.9 Å². The van der Waals surface area contributed by atoms with E-state index in [1.54, 1.807) is 18.2 Å². The van der Waals surface area contributed by atoms with E-state index in [1.165, 1.54) is 0 Å². The fourth-order valence-corrected chi connectivity index (χ4v) is 2.88. The number of fused-ring (bicyclic) bond motifs is 1. The second-order valence-corrected chi connectivity index (χ2v) is 6.36. The van der Waals surface area contributed by atoms with Gasteiger partial charge in [-0.15, -0.1) is 0 Å². The van der Waals surface area contributed by atoms with E-state index in [9.17, 15) is 14.7 Å². The van der Waals surface area contributed by atoms with Crippen molar-refractivity contribution in [3.8, 4) is 11.5 Å². The first-order valence-corrected chi connectivity index (χ1v) is 8.78. The molecule has 1 heterocycles. The zero-order chi connectivity index (χ0) is 20.1. The normalized spacial score (nSPS) is 10.8. The number of hydrogen-bond donors (Lipinski definition) is 3. The van der Waals surface area contributed by atoms with Gasteiger partial charge in [-0.2, -0.15) is 0 Å². The molecule has 0 aliphatic heterocycles. The van der Waals surface area contributed by atoms with Crippen molar-refractivity contribution >= 4 is 34.1 Å². The number of carboxylic acid groups (broad SMARTS) is 1. The Bertz CT molecular complexity index is 1020. The smallest absolute Gasteiger partial charge is 0.317 e. The van der Waals surface area contributed by atoms with Gasteiger partial charge in [-0.3, -0.25) is 14.9 Å². The van der Waals surface area contributed by atoms with E-state index >= 15 is 0 Å². The Labute approximate surface area is 165 Å². The summed E-state index contributed by atoms with van der Waals surface area (Å²) in [6.07, 6.45) is 0. The zero-order valence-electron chi connectivity index (χ0n) is 14.7. The maximum atomic E-state index is 12.3. The van der Waals surface area contributed by atoms with Crippen LogP contribution in [0.25, 0.3) is 10.8 Å². The molecule has 0 radical (unpaired) electrons. The number of nitrogens with zero attached hydrogens (tertiary/aromatic N) is 1. The number of hydrogen-bond acceptors (Lipinski definition) is 6. The highest BCUT2D eigenvalue weighted by molar-refractivity contribution is 6.35. The lowest BCUT2D eigenvalue weighted by Gasteiger charge is -2.11. The van der Waals surface area contributed by atoms with Gasteiger partial charge in [0, 0.05) is 10.8 Å². The minimum atomic E-state index is -1.10. The van der Waals surface area contributed by atoms with Crippen LogP contribution in [0.1, 0.15) is 16.1 Å². The molecule has 0 bridgehead atoms. The number of rotatable bonds is 8. The molecule has 0 saturated carbocycles. The number of aromatic nitrogens is 1. The molecule has 3 aromatic rings. The molecule has 0 fully saturated rings. The Kier molecular flexibility index (Phi) is 6.08.